The summed E-state index contributed by atoms with van der Waals surface area (Å²) in [4.78, 5) is 4.33. The van der Waals surface area contributed by atoms with Crippen LogP contribution in [-0.4, -0.2) is 15.2 Å². The Hall–Kier alpha value is -1.59. The van der Waals surface area contributed by atoms with Gasteiger partial charge in [-0.3, -0.25) is 0 Å². The maximum atomic E-state index is 9.52. The Balaban J connectivity index is 2.13. The molecule has 2 unspecified atom stereocenters. The first kappa shape index (κ1) is 13.8. The third-order valence-electron chi connectivity index (χ3n) is 3.03. The number of aromatic nitrogens is 1. The van der Waals surface area contributed by atoms with Crippen molar-refractivity contribution in [1.82, 2.24) is 10.3 Å². The van der Waals surface area contributed by atoms with Crippen LogP contribution >= 0.6 is 11.3 Å². The Bertz CT molecular complexity index is 508. The highest BCUT2D eigenvalue weighted by Crippen LogP contribution is 2.28. The van der Waals surface area contributed by atoms with E-state index in [0.717, 1.165) is 17.0 Å². The molecule has 0 radical (unpaired) electrons. The van der Waals surface area contributed by atoms with Crippen molar-refractivity contribution in [3.63, 3.8) is 0 Å². The van der Waals surface area contributed by atoms with Crippen LogP contribution in [0.5, 0.6) is 11.5 Å². The molecule has 1 aromatic heterocycles. The van der Waals surface area contributed by atoms with E-state index in [-0.39, 0.29) is 23.6 Å². The Morgan fingerprint density at radius 3 is 2.47 bits per heavy atom. The van der Waals surface area contributed by atoms with E-state index >= 15 is 0 Å². The van der Waals surface area contributed by atoms with Crippen molar-refractivity contribution in [1.29, 1.82) is 0 Å². The number of hydrogen-bond donors (Lipinski definition) is 3. The van der Waals surface area contributed by atoms with Crippen LogP contribution in [0.25, 0.3) is 0 Å². The predicted molar refractivity (Wildman–Crippen MR) is 76.5 cm³/mol. The van der Waals surface area contributed by atoms with Gasteiger partial charge in [-0.05, 0) is 31.0 Å². The van der Waals surface area contributed by atoms with Gasteiger partial charge < -0.3 is 15.5 Å². The Labute approximate surface area is 116 Å². The summed E-state index contributed by atoms with van der Waals surface area (Å²) in [6.45, 7) is 4.11. The van der Waals surface area contributed by atoms with Gasteiger partial charge in [0.2, 0.25) is 0 Å². The first-order valence-electron chi connectivity index (χ1n) is 6.28. The van der Waals surface area contributed by atoms with Crippen molar-refractivity contribution < 1.29 is 10.2 Å². The summed E-state index contributed by atoms with van der Waals surface area (Å²) >= 11 is 1.63. The standard InChI is InChI=1S/C14H18N2O2S/c1-3-13(14-15-4-5-19-14)16-9(2)10-6-11(17)8-12(18)7-10/h4-9,13,16-18H,3H2,1-2H3. The Morgan fingerprint density at radius 2 is 1.95 bits per heavy atom. The van der Waals surface area contributed by atoms with Crippen LogP contribution in [0.1, 0.15) is 42.9 Å². The van der Waals surface area contributed by atoms with E-state index < -0.39 is 0 Å². The van der Waals surface area contributed by atoms with E-state index in [4.69, 9.17) is 0 Å². The Kier molecular flexibility index (Phi) is 4.39. The number of rotatable bonds is 5. The van der Waals surface area contributed by atoms with Crippen molar-refractivity contribution in [3.05, 3.63) is 40.3 Å². The largest absolute Gasteiger partial charge is 0.508 e. The highest BCUT2D eigenvalue weighted by Gasteiger charge is 2.16. The summed E-state index contributed by atoms with van der Waals surface area (Å²) in [5.74, 6) is 0.150. The molecule has 0 saturated heterocycles. The van der Waals surface area contributed by atoms with E-state index in [2.05, 4.69) is 17.2 Å². The molecule has 102 valence electrons. The van der Waals surface area contributed by atoms with E-state index in [1.807, 2.05) is 12.3 Å². The summed E-state index contributed by atoms with van der Waals surface area (Å²) < 4.78 is 0. The van der Waals surface area contributed by atoms with Crippen molar-refractivity contribution in [2.45, 2.75) is 32.4 Å². The van der Waals surface area contributed by atoms with Crippen molar-refractivity contribution >= 4 is 11.3 Å². The summed E-state index contributed by atoms with van der Waals surface area (Å²) in [5, 5.41) is 25.5. The van der Waals surface area contributed by atoms with E-state index in [1.54, 1.807) is 29.7 Å². The average Bonchev–Trinajstić information content (AvgIpc) is 2.88. The maximum Gasteiger partial charge on any atom is 0.119 e. The van der Waals surface area contributed by atoms with Gasteiger partial charge in [0.1, 0.15) is 16.5 Å². The topological polar surface area (TPSA) is 65.4 Å². The number of nitrogens with zero attached hydrogens (tertiary/aromatic N) is 1. The lowest BCUT2D eigenvalue weighted by Crippen LogP contribution is -2.24. The average molecular weight is 278 g/mol. The fourth-order valence-electron chi connectivity index (χ4n) is 2.04. The lowest BCUT2D eigenvalue weighted by molar-refractivity contribution is 0.434. The summed E-state index contributed by atoms with van der Waals surface area (Å²) in [6.07, 6.45) is 2.73. The molecule has 5 heteroatoms. The molecule has 19 heavy (non-hydrogen) atoms. The van der Waals surface area contributed by atoms with Gasteiger partial charge >= 0.3 is 0 Å². The van der Waals surface area contributed by atoms with E-state index in [0.29, 0.717) is 0 Å². The zero-order valence-electron chi connectivity index (χ0n) is 11.0. The highest BCUT2D eigenvalue weighted by molar-refractivity contribution is 7.09. The second-order valence-electron chi connectivity index (χ2n) is 4.50. The van der Waals surface area contributed by atoms with Gasteiger partial charge in [0.05, 0.1) is 6.04 Å². The molecule has 0 aliphatic rings. The normalized spacial score (nSPS) is 14.2. The lowest BCUT2D eigenvalue weighted by atomic mass is 10.1. The van der Waals surface area contributed by atoms with Gasteiger partial charge in [0, 0.05) is 23.7 Å². The number of aromatic hydroxyl groups is 2. The second-order valence-corrected chi connectivity index (χ2v) is 5.43. The van der Waals surface area contributed by atoms with Crippen LogP contribution in [0.2, 0.25) is 0 Å². The molecule has 1 heterocycles. The number of thiazole rings is 1. The fraction of sp³-hybridized carbons (Fsp3) is 0.357. The van der Waals surface area contributed by atoms with Crippen LogP contribution in [0.3, 0.4) is 0 Å². The smallest absolute Gasteiger partial charge is 0.119 e. The number of benzene rings is 1. The third-order valence-corrected chi connectivity index (χ3v) is 3.92. The number of nitrogens with one attached hydrogen (secondary N) is 1. The van der Waals surface area contributed by atoms with Crippen LogP contribution in [0.15, 0.2) is 29.8 Å². The quantitative estimate of drug-likeness (QED) is 0.784. The fourth-order valence-corrected chi connectivity index (χ4v) is 2.82. The summed E-state index contributed by atoms with van der Waals surface area (Å²) in [6, 6.07) is 4.85. The molecule has 2 rings (SSSR count). The molecular weight excluding hydrogens is 260 g/mol. The molecule has 0 fully saturated rings. The number of hydrogen-bond acceptors (Lipinski definition) is 5. The molecule has 2 aromatic rings. The lowest BCUT2D eigenvalue weighted by Gasteiger charge is -2.21. The zero-order chi connectivity index (χ0) is 13.8. The summed E-state index contributed by atoms with van der Waals surface area (Å²) in [5.41, 5.74) is 0.854. The van der Waals surface area contributed by atoms with Crippen LogP contribution in [0, 0.1) is 0 Å². The molecule has 0 saturated carbocycles. The van der Waals surface area contributed by atoms with Crippen LogP contribution in [0.4, 0.5) is 0 Å². The minimum absolute atomic E-state index is 0.0202. The van der Waals surface area contributed by atoms with Crippen LogP contribution < -0.4 is 5.32 Å². The number of phenols is 2. The molecule has 4 nitrogen and oxygen atoms in total. The van der Waals surface area contributed by atoms with Gasteiger partial charge in [-0.1, -0.05) is 6.92 Å². The SMILES string of the molecule is CCC(NC(C)c1cc(O)cc(O)c1)c1nccs1. The summed E-state index contributed by atoms with van der Waals surface area (Å²) in [7, 11) is 0. The van der Waals surface area contributed by atoms with Crippen LogP contribution in [-0.2, 0) is 0 Å². The first-order valence-corrected chi connectivity index (χ1v) is 7.16. The van der Waals surface area contributed by atoms with E-state index in [1.165, 1.54) is 6.07 Å². The van der Waals surface area contributed by atoms with Gasteiger partial charge in [-0.15, -0.1) is 11.3 Å². The molecule has 0 aliphatic heterocycles. The minimum Gasteiger partial charge on any atom is -0.508 e. The number of phenolic OH excluding ortho intramolecular Hbond substituents is 2. The minimum atomic E-state index is 0.0202. The van der Waals surface area contributed by atoms with E-state index in [9.17, 15) is 10.2 Å². The van der Waals surface area contributed by atoms with Gasteiger partial charge in [-0.2, -0.15) is 0 Å². The monoisotopic (exact) mass is 278 g/mol. The predicted octanol–water partition coefficient (Wildman–Crippen LogP) is 3.36. The Morgan fingerprint density at radius 1 is 1.26 bits per heavy atom. The highest BCUT2D eigenvalue weighted by atomic mass is 32.1. The van der Waals surface area contributed by atoms with Crippen molar-refractivity contribution in [2.24, 2.45) is 0 Å². The molecule has 1 aromatic carbocycles. The molecular formula is C14H18N2O2S. The van der Waals surface area contributed by atoms with Gasteiger partial charge in [0.25, 0.3) is 0 Å². The first-order chi connectivity index (χ1) is 9.10. The molecule has 0 amide bonds. The molecule has 0 bridgehead atoms. The molecule has 2 atom stereocenters. The van der Waals surface area contributed by atoms with Gasteiger partial charge in [-0.25, -0.2) is 4.98 Å². The van der Waals surface area contributed by atoms with Gasteiger partial charge in [0.15, 0.2) is 0 Å². The third kappa shape index (κ3) is 3.45. The zero-order valence-corrected chi connectivity index (χ0v) is 11.8. The second kappa shape index (κ2) is 6.04. The molecule has 3 N–H and O–H groups in total. The maximum absolute atomic E-state index is 9.52. The van der Waals surface area contributed by atoms with Crippen molar-refractivity contribution in [3.8, 4) is 11.5 Å². The van der Waals surface area contributed by atoms with Crippen molar-refractivity contribution in [2.75, 3.05) is 0 Å². The molecule has 0 spiro atoms. The molecule has 0 aliphatic carbocycles.